The number of methoxy groups -OCH3 is 1. The van der Waals surface area contributed by atoms with E-state index < -0.39 is 0 Å². The standard InChI is InChI=1S/C16H20BrClN2O/c1-5-15(18)16-10(2)19-20(11(16)3)9-12-8-13(21-4)6-7-14(12)17/h6-8,15H,5,9H2,1-4H3. The largest absolute Gasteiger partial charge is 0.497 e. The maximum atomic E-state index is 6.41. The number of nitrogens with zero attached hydrogens (tertiary/aromatic N) is 2. The number of alkyl halides is 1. The first-order valence-electron chi connectivity index (χ1n) is 6.98. The number of hydrogen-bond donors (Lipinski definition) is 0. The molecule has 0 aliphatic carbocycles. The molecule has 1 heterocycles. The van der Waals surface area contributed by atoms with Gasteiger partial charge in [0.05, 0.1) is 24.7 Å². The van der Waals surface area contributed by atoms with Crippen LogP contribution in [0.4, 0.5) is 0 Å². The molecule has 0 spiro atoms. The van der Waals surface area contributed by atoms with Crippen LogP contribution in [0.1, 0.15) is 41.2 Å². The first-order chi connectivity index (χ1) is 9.97. The highest BCUT2D eigenvalue weighted by atomic mass is 79.9. The maximum absolute atomic E-state index is 6.41. The quantitative estimate of drug-likeness (QED) is 0.691. The first-order valence-corrected chi connectivity index (χ1v) is 8.21. The predicted octanol–water partition coefficient (Wildman–Crippen LogP) is 5.01. The van der Waals surface area contributed by atoms with Crippen molar-refractivity contribution in [3.63, 3.8) is 0 Å². The van der Waals surface area contributed by atoms with Gasteiger partial charge in [0.25, 0.3) is 0 Å². The Morgan fingerprint density at radius 2 is 2.10 bits per heavy atom. The molecule has 114 valence electrons. The lowest BCUT2D eigenvalue weighted by Gasteiger charge is -2.10. The fourth-order valence-corrected chi connectivity index (χ4v) is 3.17. The van der Waals surface area contributed by atoms with Crippen molar-refractivity contribution in [3.8, 4) is 5.75 Å². The lowest BCUT2D eigenvalue weighted by atomic mass is 10.1. The van der Waals surface area contributed by atoms with Gasteiger partial charge < -0.3 is 4.74 Å². The molecule has 0 aliphatic rings. The summed E-state index contributed by atoms with van der Waals surface area (Å²) >= 11 is 10.0. The zero-order valence-corrected chi connectivity index (χ0v) is 15.1. The minimum Gasteiger partial charge on any atom is -0.497 e. The molecule has 1 aromatic heterocycles. The molecule has 0 amide bonds. The van der Waals surface area contributed by atoms with Crippen molar-refractivity contribution >= 4 is 27.5 Å². The summed E-state index contributed by atoms with van der Waals surface area (Å²) in [5.74, 6) is 0.846. The van der Waals surface area contributed by atoms with Crippen LogP contribution in [0.3, 0.4) is 0 Å². The van der Waals surface area contributed by atoms with E-state index in [4.69, 9.17) is 16.3 Å². The van der Waals surface area contributed by atoms with E-state index in [1.807, 2.05) is 29.8 Å². The molecule has 0 fully saturated rings. The fraction of sp³-hybridized carbons (Fsp3) is 0.438. The highest BCUT2D eigenvalue weighted by Crippen LogP contribution is 2.30. The smallest absolute Gasteiger partial charge is 0.119 e. The Bertz CT molecular complexity index is 639. The molecule has 3 nitrogen and oxygen atoms in total. The van der Waals surface area contributed by atoms with E-state index in [9.17, 15) is 0 Å². The van der Waals surface area contributed by atoms with Gasteiger partial charge in [0.15, 0.2) is 0 Å². The molecule has 1 unspecified atom stereocenters. The van der Waals surface area contributed by atoms with Crippen LogP contribution in [0, 0.1) is 13.8 Å². The third-order valence-corrected chi connectivity index (χ3v) is 4.98. The van der Waals surface area contributed by atoms with E-state index >= 15 is 0 Å². The Balaban J connectivity index is 2.36. The molecule has 0 N–H and O–H groups in total. The van der Waals surface area contributed by atoms with Crippen molar-refractivity contribution in [2.45, 2.75) is 39.1 Å². The Labute approximate surface area is 139 Å². The van der Waals surface area contributed by atoms with Crippen LogP contribution < -0.4 is 4.74 Å². The van der Waals surface area contributed by atoms with Gasteiger partial charge in [-0.25, -0.2) is 0 Å². The summed E-state index contributed by atoms with van der Waals surface area (Å²) in [4.78, 5) is 0. The molecule has 5 heteroatoms. The van der Waals surface area contributed by atoms with Gasteiger partial charge in [0.2, 0.25) is 0 Å². The third-order valence-electron chi connectivity index (χ3n) is 3.68. The lowest BCUT2D eigenvalue weighted by molar-refractivity contribution is 0.414. The van der Waals surface area contributed by atoms with Crippen LogP contribution in [0.2, 0.25) is 0 Å². The third kappa shape index (κ3) is 3.43. The van der Waals surface area contributed by atoms with Crippen LogP contribution in [-0.4, -0.2) is 16.9 Å². The summed E-state index contributed by atoms with van der Waals surface area (Å²) in [6.45, 7) is 6.88. The Morgan fingerprint density at radius 1 is 1.38 bits per heavy atom. The summed E-state index contributed by atoms with van der Waals surface area (Å²) in [5.41, 5.74) is 4.42. The van der Waals surface area contributed by atoms with E-state index in [0.29, 0.717) is 6.54 Å². The second-order valence-electron chi connectivity index (χ2n) is 5.08. The number of aryl methyl sites for hydroxylation is 1. The van der Waals surface area contributed by atoms with Crippen molar-refractivity contribution < 1.29 is 4.74 Å². The summed E-state index contributed by atoms with van der Waals surface area (Å²) in [6.07, 6.45) is 0.901. The van der Waals surface area contributed by atoms with Crippen LogP contribution in [0.25, 0.3) is 0 Å². The van der Waals surface area contributed by atoms with E-state index in [0.717, 1.165) is 39.2 Å². The van der Waals surface area contributed by atoms with Gasteiger partial charge in [-0.1, -0.05) is 22.9 Å². The minimum absolute atomic E-state index is 0.0208. The average Bonchev–Trinajstić information content (AvgIpc) is 2.75. The van der Waals surface area contributed by atoms with Crippen LogP contribution in [0.15, 0.2) is 22.7 Å². The van der Waals surface area contributed by atoms with E-state index in [1.54, 1.807) is 7.11 Å². The molecule has 2 rings (SSSR count). The zero-order chi connectivity index (χ0) is 15.6. The molecule has 0 aliphatic heterocycles. The molecule has 0 saturated carbocycles. The Kier molecular flexibility index (Phi) is 5.33. The molecule has 2 aromatic rings. The molecule has 1 atom stereocenters. The molecule has 21 heavy (non-hydrogen) atoms. The SMILES string of the molecule is CCC(Cl)c1c(C)nn(Cc2cc(OC)ccc2Br)c1C. The number of ether oxygens (including phenoxy) is 1. The van der Waals surface area contributed by atoms with Crippen molar-refractivity contribution in [2.75, 3.05) is 7.11 Å². The Hall–Kier alpha value is -1.000. The molecule has 0 bridgehead atoms. The van der Waals surface area contributed by atoms with Crippen LogP contribution in [0.5, 0.6) is 5.75 Å². The average molecular weight is 372 g/mol. The molecule has 0 saturated heterocycles. The lowest BCUT2D eigenvalue weighted by Crippen LogP contribution is -2.05. The van der Waals surface area contributed by atoms with Crippen molar-refractivity contribution in [1.29, 1.82) is 0 Å². The van der Waals surface area contributed by atoms with Gasteiger partial charge in [-0.2, -0.15) is 5.10 Å². The van der Waals surface area contributed by atoms with Crippen molar-refractivity contribution in [2.24, 2.45) is 0 Å². The van der Waals surface area contributed by atoms with Gasteiger partial charge in [-0.15, -0.1) is 11.6 Å². The fourth-order valence-electron chi connectivity index (χ4n) is 2.48. The van der Waals surface area contributed by atoms with Crippen molar-refractivity contribution in [1.82, 2.24) is 9.78 Å². The van der Waals surface area contributed by atoms with E-state index in [2.05, 4.69) is 34.9 Å². The predicted molar refractivity (Wildman–Crippen MR) is 90.4 cm³/mol. The monoisotopic (exact) mass is 370 g/mol. The summed E-state index contributed by atoms with van der Waals surface area (Å²) in [7, 11) is 1.67. The second kappa shape index (κ2) is 6.84. The van der Waals surface area contributed by atoms with Crippen LogP contribution >= 0.6 is 27.5 Å². The highest BCUT2D eigenvalue weighted by molar-refractivity contribution is 9.10. The second-order valence-corrected chi connectivity index (χ2v) is 6.46. The Morgan fingerprint density at radius 3 is 2.71 bits per heavy atom. The summed E-state index contributed by atoms with van der Waals surface area (Å²) in [5, 5.41) is 4.66. The van der Waals surface area contributed by atoms with Crippen molar-refractivity contribution in [3.05, 3.63) is 45.2 Å². The number of benzene rings is 1. The van der Waals surface area contributed by atoms with Gasteiger partial charge in [0.1, 0.15) is 5.75 Å². The van der Waals surface area contributed by atoms with Crippen LogP contribution in [-0.2, 0) is 6.54 Å². The minimum atomic E-state index is 0.0208. The highest BCUT2D eigenvalue weighted by Gasteiger charge is 2.18. The number of hydrogen-bond acceptors (Lipinski definition) is 2. The summed E-state index contributed by atoms with van der Waals surface area (Å²) in [6, 6.07) is 5.96. The topological polar surface area (TPSA) is 27.1 Å². The summed E-state index contributed by atoms with van der Waals surface area (Å²) < 4.78 is 8.35. The van der Waals surface area contributed by atoms with Gasteiger partial charge >= 0.3 is 0 Å². The van der Waals surface area contributed by atoms with E-state index in [1.165, 1.54) is 0 Å². The maximum Gasteiger partial charge on any atom is 0.119 e. The molecule has 1 aromatic carbocycles. The zero-order valence-electron chi connectivity index (χ0n) is 12.8. The number of rotatable bonds is 5. The van der Waals surface area contributed by atoms with E-state index in [-0.39, 0.29) is 5.38 Å². The molecular formula is C16H20BrClN2O. The normalized spacial score (nSPS) is 12.5. The van der Waals surface area contributed by atoms with Gasteiger partial charge in [0, 0.05) is 15.7 Å². The molecule has 0 radical (unpaired) electrons. The first kappa shape index (κ1) is 16.4. The van der Waals surface area contributed by atoms with Gasteiger partial charge in [-0.3, -0.25) is 4.68 Å². The van der Waals surface area contributed by atoms with Gasteiger partial charge in [-0.05, 0) is 44.0 Å². The number of halogens is 2. The number of aromatic nitrogens is 2. The molecular weight excluding hydrogens is 352 g/mol.